The van der Waals surface area contributed by atoms with Crippen LogP contribution in [-0.2, 0) is 0 Å². The highest BCUT2D eigenvalue weighted by Crippen LogP contribution is 2.36. The van der Waals surface area contributed by atoms with Crippen LogP contribution in [0.5, 0.6) is 0 Å². The predicted octanol–water partition coefficient (Wildman–Crippen LogP) is 2.38. The molecule has 1 saturated heterocycles. The van der Waals surface area contributed by atoms with Crippen LogP contribution in [0.3, 0.4) is 0 Å². The summed E-state index contributed by atoms with van der Waals surface area (Å²) >= 11 is 0. The lowest BCUT2D eigenvalue weighted by Gasteiger charge is -2.32. The van der Waals surface area contributed by atoms with Crippen molar-refractivity contribution in [1.82, 2.24) is 0 Å². The van der Waals surface area contributed by atoms with Gasteiger partial charge in [-0.25, -0.2) is 4.39 Å². The number of ketones is 1. The second-order valence-electron chi connectivity index (χ2n) is 4.25. The third-order valence-corrected chi connectivity index (χ3v) is 3.38. The van der Waals surface area contributed by atoms with E-state index in [4.69, 9.17) is 0 Å². The molecule has 1 unspecified atom stereocenters. The normalized spacial score (nSPS) is 23.9. The highest BCUT2D eigenvalue weighted by molar-refractivity contribution is 6.04. The SMILES string of the molecule is O=C1CC2CCCN2c2cccc(F)c21. The van der Waals surface area contributed by atoms with E-state index in [0.29, 0.717) is 18.0 Å². The molecule has 78 valence electrons. The topological polar surface area (TPSA) is 20.3 Å². The van der Waals surface area contributed by atoms with Crippen LogP contribution in [-0.4, -0.2) is 18.4 Å². The minimum absolute atomic E-state index is 0.0359. The van der Waals surface area contributed by atoms with Crippen LogP contribution in [0.2, 0.25) is 0 Å². The molecule has 0 spiro atoms. The van der Waals surface area contributed by atoms with Gasteiger partial charge in [-0.1, -0.05) is 6.07 Å². The number of carbonyl (C=O) groups excluding carboxylic acids is 1. The van der Waals surface area contributed by atoms with Gasteiger partial charge in [-0.05, 0) is 25.0 Å². The number of benzene rings is 1. The third-order valence-electron chi connectivity index (χ3n) is 3.38. The smallest absolute Gasteiger partial charge is 0.169 e. The Kier molecular flexibility index (Phi) is 1.81. The van der Waals surface area contributed by atoms with E-state index in [0.717, 1.165) is 25.1 Å². The molecule has 0 bridgehead atoms. The van der Waals surface area contributed by atoms with Crippen molar-refractivity contribution >= 4 is 11.5 Å². The van der Waals surface area contributed by atoms with Gasteiger partial charge in [0.05, 0.1) is 11.3 Å². The molecule has 0 saturated carbocycles. The number of hydrogen-bond donors (Lipinski definition) is 0. The zero-order chi connectivity index (χ0) is 10.4. The van der Waals surface area contributed by atoms with Crippen molar-refractivity contribution in [3.63, 3.8) is 0 Å². The summed E-state index contributed by atoms with van der Waals surface area (Å²) in [6.07, 6.45) is 2.64. The fraction of sp³-hybridized carbons (Fsp3) is 0.417. The van der Waals surface area contributed by atoms with Gasteiger partial charge >= 0.3 is 0 Å². The van der Waals surface area contributed by atoms with Gasteiger partial charge in [-0.3, -0.25) is 4.79 Å². The molecule has 2 heterocycles. The molecule has 1 aromatic rings. The summed E-state index contributed by atoms with van der Waals surface area (Å²) < 4.78 is 13.5. The summed E-state index contributed by atoms with van der Waals surface area (Å²) in [6, 6.07) is 5.22. The Morgan fingerprint density at radius 3 is 3.13 bits per heavy atom. The van der Waals surface area contributed by atoms with Crippen molar-refractivity contribution in [3.8, 4) is 0 Å². The minimum Gasteiger partial charge on any atom is -0.367 e. The van der Waals surface area contributed by atoms with Gasteiger partial charge in [-0.2, -0.15) is 0 Å². The van der Waals surface area contributed by atoms with Crippen LogP contribution in [0, 0.1) is 5.82 Å². The zero-order valence-electron chi connectivity index (χ0n) is 8.37. The standard InChI is InChI=1S/C12H12FNO/c13-9-4-1-5-10-12(9)11(15)7-8-3-2-6-14(8)10/h1,4-5,8H,2-3,6-7H2. The number of anilines is 1. The third kappa shape index (κ3) is 1.19. The van der Waals surface area contributed by atoms with Crippen LogP contribution >= 0.6 is 0 Å². The van der Waals surface area contributed by atoms with E-state index >= 15 is 0 Å². The molecule has 3 rings (SSSR count). The van der Waals surface area contributed by atoms with Crippen LogP contribution in [0.4, 0.5) is 10.1 Å². The van der Waals surface area contributed by atoms with E-state index in [1.165, 1.54) is 6.07 Å². The van der Waals surface area contributed by atoms with E-state index in [2.05, 4.69) is 4.90 Å². The molecule has 0 radical (unpaired) electrons. The highest BCUT2D eigenvalue weighted by Gasteiger charge is 2.35. The van der Waals surface area contributed by atoms with E-state index < -0.39 is 0 Å². The number of fused-ring (bicyclic) bond motifs is 3. The summed E-state index contributed by atoms with van der Waals surface area (Å²) in [5.74, 6) is -0.408. The molecular weight excluding hydrogens is 193 g/mol. The largest absolute Gasteiger partial charge is 0.367 e. The van der Waals surface area contributed by atoms with Gasteiger partial charge < -0.3 is 4.90 Å². The summed E-state index contributed by atoms with van der Waals surface area (Å²) in [7, 11) is 0. The fourth-order valence-electron chi connectivity index (χ4n) is 2.71. The van der Waals surface area contributed by atoms with Gasteiger partial charge in [0.25, 0.3) is 0 Å². The Labute approximate surface area is 87.7 Å². The average Bonchev–Trinajstić information content (AvgIpc) is 2.65. The van der Waals surface area contributed by atoms with Gasteiger partial charge in [0, 0.05) is 19.0 Å². The first-order valence-electron chi connectivity index (χ1n) is 5.36. The van der Waals surface area contributed by atoms with Crippen LogP contribution in [0.1, 0.15) is 29.6 Å². The molecule has 2 nitrogen and oxygen atoms in total. The molecule has 2 aliphatic heterocycles. The van der Waals surface area contributed by atoms with Crippen molar-refractivity contribution in [2.24, 2.45) is 0 Å². The lowest BCUT2D eigenvalue weighted by atomic mass is 9.95. The molecule has 2 aliphatic rings. The molecular formula is C12H12FNO. The van der Waals surface area contributed by atoms with Crippen LogP contribution in [0.25, 0.3) is 0 Å². The Balaban J connectivity index is 2.18. The van der Waals surface area contributed by atoms with E-state index in [1.54, 1.807) is 6.07 Å². The molecule has 0 aromatic heterocycles. The monoisotopic (exact) mass is 205 g/mol. The van der Waals surface area contributed by atoms with Crippen molar-refractivity contribution < 1.29 is 9.18 Å². The number of Topliss-reactive ketones (excluding diaryl/α,β-unsaturated/α-hetero) is 1. The van der Waals surface area contributed by atoms with E-state index in [-0.39, 0.29) is 11.6 Å². The van der Waals surface area contributed by atoms with Crippen molar-refractivity contribution in [1.29, 1.82) is 0 Å². The number of halogens is 1. The fourth-order valence-corrected chi connectivity index (χ4v) is 2.71. The number of carbonyl (C=O) groups is 1. The molecule has 0 aliphatic carbocycles. The first-order valence-corrected chi connectivity index (χ1v) is 5.36. The lowest BCUT2D eigenvalue weighted by Crippen LogP contribution is -2.37. The maximum Gasteiger partial charge on any atom is 0.169 e. The molecule has 0 N–H and O–H groups in total. The quantitative estimate of drug-likeness (QED) is 0.648. The number of hydrogen-bond acceptors (Lipinski definition) is 2. The van der Waals surface area contributed by atoms with Gasteiger partial charge in [-0.15, -0.1) is 0 Å². The molecule has 0 amide bonds. The second kappa shape index (κ2) is 3.05. The summed E-state index contributed by atoms with van der Waals surface area (Å²) in [5.41, 5.74) is 1.10. The molecule has 3 heteroatoms. The Bertz CT molecular complexity index is 430. The maximum absolute atomic E-state index is 13.5. The zero-order valence-corrected chi connectivity index (χ0v) is 8.37. The molecule has 1 fully saturated rings. The summed E-state index contributed by atoms with van der Waals surface area (Å²) in [4.78, 5) is 14.0. The highest BCUT2D eigenvalue weighted by atomic mass is 19.1. The minimum atomic E-state index is -0.372. The number of nitrogens with zero attached hydrogens (tertiary/aromatic N) is 1. The van der Waals surface area contributed by atoms with Crippen molar-refractivity contribution in [2.45, 2.75) is 25.3 Å². The first-order chi connectivity index (χ1) is 7.27. The van der Waals surface area contributed by atoms with Gasteiger partial charge in [0.1, 0.15) is 5.82 Å². The molecule has 1 atom stereocenters. The molecule has 1 aromatic carbocycles. The molecule has 15 heavy (non-hydrogen) atoms. The average molecular weight is 205 g/mol. The van der Waals surface area contributed by atoms with E-state index in [1.807, 2.05) is 6.07 Å². The Morgan fingerprint density at radius 2 is 2.27 bits per heavy atom. The summed E-state index contributed by atoms with van der Waals surface area (Å²) in [5, 5.41) is 0. The second-order valence-corrected chi connectivity index (χ2v) is 4.25. The predicted molar refractivity (Wildman–Crippen MR) is 55.7 cm³/mol. The number of rotatable bonds is 0. The van der Waals surface area contributed by atoms with Crippen LogP contribution < -0.4 is 4.90 Å². The summed E-state index contributed by atoms with van der Waals surface area (Å²) in [6.45, 7) is 0.953. The van der Waals surface area contributed by atoms with Crippen molar-refractivity contribution in [3.05, 3.63) is 29.6 Å². The van der Waals surface area contributed by atoms with Gasteiger partial charge in [0.15, 0.2) is 5.78 Å². The lowest BCUT2D eigenvalue weighted by molar-refractivity contribution is 0.0964. The maximum atomic E-state index is 13.5. The van der Waals surface area contributed by atoms with Crippen LogP contribution in [0.15, 0.2) is 18.2 Å². The van der Waals surface area contributed by atoms with E-state index in [9.17, 15) is 9.18 Å². The first kappa shape index (κ1) is 8.89. The van der Waals surface area contributed by atoms with Gasteiger partial charge in [0.2, 0.25) is 0 Å². The van der Waals surface area contributed by atoms with Crippen molar-refractivity contribution in [2.75, 3.05) is 11.4 Å². The Morgan fingerprint density at radius 1 is 1.40 bits per heavy atom. The Hall–Kier alpha value is -1.38.